The highest BCUT2D eigenvalue weighted by molar-refractivity contribution is 5.95. The van der Waals surface area contributed by atoms with Gasteiger partial charge in [-0.2, -0.15) is 0 Å². The normalized spacial score (nSPS) is 14.5. The van der Waals surface area contributed by atoms with Crippen LogP contribution in [0.4, 0.5) is 5.69 Å². The molecule has 0 spiro atoms. The van der Waals surface area contributed by atoms with Crippen molar-refractivity contribution >= 4 is 11.6 Å². The summed E-state index contributed by atoms with van der Waals surface area (Å²) in [5, 5.41) is 0. The van der Waals surface area contributed by atoms with Gasteiger partial charge < -0.3 is 9.64 Å². The fourth-order valence-corrected chi connectivity index (χ4v) is 2.61. The first-order valence-electron chi connectivity index (χ1n) is 7.31. The van der Waals surface area contributed by atoms with E-state index in [0.717, 1.165) is 30.0 Å². The molecule has 0 unspecified atom stereocenters. The average Bonchev–Trinajstić information content (AvgIpc) is 2.92. The van der Waals surface area contributed by atoms with E-state index in [-0.39, 0.29) is 5.91 Å². The maximum atomic E-state index is 11.7. The van der Waals surface area contributed by atoms with E-state index in [1.165, 1.54) is 5.56 Å². The van der Waals surface area contributed by atoms with Crippen molar-refractivity contribution in [1.82, 2.24) is 0 Å². The second-order valence-corrected chi connectivity index (χ2v) is 5.42. The minimum absolute atomic E-state index is 0.212. The molecule has 1 amide bonds. The van der Waals surface area contributed by atoms with E-state index in [0.29, 0.717) is 13.0 Å². The van der Waals surface area contributed by atoms with E-state index < -0.39 is 0 Å². The fourth-order valence-electron chi connectivity index (χ4n) is 2.61. The Bertz CT molecular complexity index is 634. The number of aryl methyl sites for hydroxylation is 1. The lowest BCUT2D eigenvalue weighted by Crippen LogP contribution is -2.23. The lowest BCUT2D eigenvalue weighted by atomic mass is 10.1. The van der Waals surface area contributed by atoms with Gasteiger partial charge in [-0.1, -0.05) is 29.8 Å². The van der Waals surface area contributed by atoms with Gasteiger partial charge in [0.05, 0.1) is 0 Å². The van der Waals surface area contributed by atoms with Crippen LogP contribution in [0.5, 0.6) is 5.75 Å². The van der Waals surface area contributed by atoms with Crippen molar-refractivity contribution in [1.29, 1.82) is 0 Å². The number of hydrogen-bond donors (Lipinski definition) is 0. The third-order valence-corrected chi connectivity index (χ3v) is 3.71. The van der Waals surface area contributed by atoms with Crippen LogP contribution in [0.1, 0.15) is 24.0 Å². The van der Waals surface area contributed by atoms with Gasteiger partial charge in [-0.25, -0.2) is 0 Å². The van der Waals surface area contributed by atoms with Crippen molar-refractivity contribution in [3.63, 3.8) is 0 Å². The molecule has 2 aromatic carbocycles. The molecule has 1 aliphatic rings. The van der Waals surface area contributed by atoms with E-state index in [9.17, 15) is 4.79 Å². The Morgan fingerprint density at radius 1 is 1.14 bits per heavy atom. The lowest BCUT2D eigenvalue weighted by Gasteiger charge is -2.16. The van der Waals surface area contributed by atoms with Crippen LogP contribution < -0.4 is 9.64 Å². The molecule has 3 heteroatoms. The van der Waals surface area contributed by atoms with E-state index in [4.69, 9.17) is 4.74 Å². The first-order valence-corrected chi connectivity index (χ1v) is 7.31. The third kappa shape index (κ3) is 3.24. The van der Waals surface area contributed by atoms with Crippen molar-refractivity contribution in [2.75, 3.05) is 11.4 Å². The number of nitrogens with zero attached hydrogens (tertiary/aromatic N) is 1. The van der Waals surface area contributed by atoms with Gasteiger partial charge in [-0.05, 0) is 43.2 Å². The highest BCUT2D eigenvalue weighted by Gasteiger charge is 2.21. The van der Waals surface area contributed by atoms with Crippen molar-refractivity contribution in [3.8, 4) is 5.75 Å². The topological polar surface area (TPSA) is 29.5 Å². The molecule has 0 N–H and O–H groups in total. The quantitative estimate of drug-likeness (QED) is 0.855. The summed E-state index contributed by atoms with van der Waals surface area (Å²) < 4.78 is 5.79. The summed E-state index contributed by atoms with van der Waals surface area (Å²) in [6.07, 6.45) is 1.61. The molecule has 1 saturated heterocycles. The minimum atomic E-state index is 0.212. The smallest absolute Gasteiger partial charge is 0.227 e. The van der Waals surface area contributed by atoms with Crippen LogP contribution in [0, 0.1) is 6.92 Å². The van der Waals surface area contributed by atoms with Crippen LogP contribution in [0.15, 0.2) is 48.5 Å². The minimum Gasteiger partial charge on any atom is -0.489 e. The number of amides is 1. The summed E-state index contributed by atoms with van der Waals surface area (Å²) in [7, 11) is 0. The van der Waals surface area contributed by atoms with Crippen LogP contribution >= 0.6 is 0 Å². The van der Waals surface area contributed by atoms with Crippen molar-refractivity contribution in [2.45, 2.75) is 26.4 Å². The first kappa shape index (κ1) is 13.7. The SMILES string of the molecule is Cc1cccc(COc2ccc(N3CCCC3=O)cc2)c1. The van der Waals surface area contributed by atoms with Gasteiger partial charge >= 0.3 is 0 Å². The van der Waals surface area contributed by atoms with E-state index >= 15 is 0 Å². The van der Waals surface area contributed by atoms with Gasteiger partial charge in [0.25, 0.3) is 0 Å². The number of hydrogen-bond acceptors (Lipinski definition) is 2. The maximum Gasteiger partial charge on any atom is 0.227 e. The summed E-state index contributed by atoms with van der Waals surface area (Å²) in [4.78, 5) is 13.5. The molecule has 21 heavy (non-hydrogen) atoms. The van der Waals surface area contributed by atoms with Crippen LogP contribution in [0.3, 0.4) is 0 Å². The number of ether oxygens (including phenoxy) is 1. The number of anilines is 1. The molecule has 1 heterocycles. The summed E-state index contributed by atoms with van der Waals surface area (Å²) in [5.41, 5.74) is 3.35. The molecule has 3 rings (SSSR count). The monoisotopic (exact) mass is 281 g/mol. The van der Waals surface area contributed by atoms with Crippen LogP contribution in [0.2, 0.25) is 0 Å². The summed E-state index contributed by atoms with van der Waals surface area (Å²) in [6, 6.07) is 16.1. The molecular weight excluding hydrogens is 262 g/mol. The zero-order chi connectivity index (χ0) is 14.7. The number of benzene rings is 2. The maximum absolute atomic E-state index is 11.7. The predicted octanol–water partition coefficient (Wildman–Crippen LogP) is 3.70. The Morgan fingerprint density at radius 3 is 2.62 bits per heavy atom. The second kappa shape index (κ2) is 6.00. The molecule has 0 radical (unpaired) electrons. The molecule has 1 fully saturated rings. The Hall–Kier alpha value is -2.29. The lowest BCUT2D eigenvalue weighted by molar-refractivity contribution is -0.117. The molecular formula is C18H19NO2. The van der Waals surface area contributed by atoms with Crippen LogP contribution in [-0.4, -0.2) is 12.5 Å². The predicted molar refractivity (Wildman–Crippen MR) is 83.5 cm³/mol. The number of carbonyl (C=O) groups is 1. The van der Waals surface area contributed by atoms with Crippen LogP contribution in [0.25, 0.3) is 0 Å². The molecule has 0 saturated carbocycles. The van der Waals surface area contributed by atoms with Gasteiger partial charge in [-0.15, -0.1) is 0 Å². The fraction of sp³-hybridized carbons (Fsp3) is 0.278. The van der Waals surface area contributed by atoms with Gasteiger partial charge in [0.15, 0.2) is 0 Å². The highest BCUT2D eigenvalue weighted by atomic mass is 16.5. The van der Waals surface area contributed by atoms with Crippen molar-refractivity contribution in [2.24, 2.45) is 0 Å². The number of rotatable bonds is 4. The second-order valence-electron chi connectivity index (χ2n) is 5.42. The molecule has 0 bridgehead atoms. The first-order chi connectivity index (χ1) is 10.2. The Balaban J connectivity index is 1.63. The molecule has 0 atom stereocenters. The molecule has 2 aromatic rings. The summed E-state index contributed by atoms with van der Waals surface area (Å²) in [6.45, 7) is 3.46. The average molecular weight is 281 g/mol. The Labute approximate surface area is 125 Å². The van der Waals surface area contributed by atoms with Crippen molar-refractivity contribution < 1.29 is 9.53 Å². The van der Waals surface area contributed by atoms with Gasteiger partial charge in [-0.3, -0.25) is 4.79 Å². The van der Waals surface area contributed by atoms with Gasteiger partial charge in [0.2, 0.25) is 5.91 Å². The van der Waals surface area contributed by atoms with E-state index in [2.05, 4.69) is 25.1 Å². The van der Waals surface area contributed by atoms with Crippen LogP contribution in [-0.2, 0) is 11.4 Å². The Kier molecular flexibility index (Phi) is 3.91. The van der Waals surface area contributed by atoms with Crippen molar-refractivity contribution in [3.05, 3.63) is 59.7 Å². The highest BCUT2D eigenvalue weighted by Crippen LogP contribution is 2.24. The molecule has 0 aliphatic carbocycles. The molecule has 0 aromatic heterocycles. The zero-order valence-corrected chi connectivity index (χ0v) is 12.2. The summed E-state index contributed by atoms with van der Waals surface area (Å²) >= 11 is 0. The largest absolute Gasteiger partial charge is 0.489 e. The zero-order valence-electron chi connectivity index (χ0n) is 12.2. The van der Waals surface area contributed by atoms with Gasteiger partial charge in [0.1, 0.15) is 12.4 Å². The third-order valence-electron chi connectivity index (χ3n) is 3.71. The van der Waals surface area contributed by atoms with E-state index in [1.54, 1.807) is 0 Å². The van der Waals surface area contributed by atoms with E-state index in [1.807, 2.05) is 35.2 Å². The summed E-state index contributed by atoms with van der Waals surface area (Å²) in [5.74, 6) is 1.04. The Morgan fingerprint density at radius 2 is 1.95 bits per heavy atom. The molecule has 3 nitrogen and oxygen atoms in total. The van der Waals surface area contributed by atoms with Gasteiger partial charge in [0, 0.05) is 18.7 Å². The molecule has 1 aliphatic heterocycles. The number of carbonyl (C=O) groups excluding carboxylic acids is 1. The molecule has 108 valence electrons. The standard InChI is InChI=1S/C18H19NO2/c1-14-4-2-5-15(12-14)13-21-17-9-7-16(8-10-17)19-11-3-6-18(19)20/h2,4-5,7-10,12H,3,6,11,13H2,1H3.